The number of hydrogen-bond donors (Lipinski definition) is 2. The number of aromatic nitrogens is 1. The third-order valence-electron chi connectivity index (χ3n) is 6.70. The summed E-state index contributed by atoms with van der Waals surface area (Å²) in [6.07, 6.45) is 8.00. The van der Waals surface area contributed by atoms with Crippen LogP contribution in [0.1, 0.15) is 61.1 Å². The van der Waals surface area contributed by atoms with Crippen LogP contribution in [0.25, 0.3) is 0 Å². The van der Waals surface area contributed by atoms with E-state index in [9.17, 15) is 0 Å². The van der Waals surface area contributed by atoms with Crippen LogP contribution in [-0.4, -0.2) is 45.5 Å². The molecule has 7 heteroatoms. The Balaban J connectivity index is 1.61. The fourth-order valence-electron chi connectivity index (χ4n) is 4.77. The molecule has 0 atom stereocenters. The summed E-state index contributed by atoms with van der Waals surface area (Å²) in [5.74, 6) is 3.32. The van der Waals surface area contributed by atoms with Gasteiger partial charge in [-0.1, -0.05) is 30.5 Å². The number of methoxy groups -OCH3 is 2. The molecule has 7 nitrogen and oxygen atoms in total. The monoisotopic (exact) mass is 442 g/mol. The van der Waals surface area contributed by atoms with E-state index in [4.69, 9.17) is 14.0 Å². The molecule has 1 fully saturated rings. The van der Waals surface area contributed by atoms with Gasteiger partial charge in [0, 0.05) is 31.1 Å². The van der Waals surface area contributed by atoms with Gasteiger partial charge in [0.05, 0.1) is 19.9 Å². The Morgan fingerprint density at radius 2 is 1.84 bits per heavy atom. The van der Waals surface area contributed by atoms with Gasteiger partial charge in [-0.3, -0.25) is 4.99 Å². The third-order valence-corrected chi connectivity index (χ3v) is 6.70. The molecule has 0 unspecified atom stereocenters. The van der Waals surface area contributed by atoms with Crippen LogP contribution in [0.5, 0.6) is 11.5 Å². The number of guanidine groups is 1. The third kappa shape index (κ3) is 5.56. The molecule has 1 aromatic carbocycles. The number of nitrogens with zero attached hydrogens (tertiary/aromatic N) is 2. The summed E-state index contributed by atoms with van der Waals surface area (Å²) in [4.78, 5) is 4.45. The highest BCUT2D eigenvalue weighted by atomic mass is 16.5. The molecule has 0 amide bonds. The molecular formula is C25H38N4O3. The molecule has 0 radical (unpaired) electrons. The maximum atomic E-state index is 5.58. The zero-order chi connectivity index (χ0) is 23.0. The summed E-state index contributed by atoms with van der Waals surface area (Å²) < 4.78 is 16.3. The summed E-state index contributed by atoms with van der Waals surface area (Å²) in [6, 6.07) is 6.35. The Morgan fingerprint density at radius 1 is 1.09 bits per heavy atom. The molecular weight excluding hydrogens is 404 g/mol. The van der Waals surface area contributed by atoms with Crippen molar-refractivity contribution in [1.29, 1.82) is 0 Å². The molecule has 2 N–H and O–H groups in total. The van der Waals surface area contributed by atoms with Crippen LogP contribution in [0.15, 0.2) is 27.7 Å². The number of benzene rings is 1. The first-order valence-corrected chi connectivity index (χ1v) is 11.6. The Labute approximate surface area is 192 Å². The summed E-state index contributed by atoms with van der Waals surface area (Å²) in [5, 5.41) is 11.1. The standard InChI is InChI=1S/C25H38N4O3/c1-18-21(19(2)32-29-18)10-9-15-27-24(26-3)28-17-25(13-7-6-8-14-25)20-11-12-22(30-4)23(16-20)31-5/h11-12,16H,6-10,13-15,17H2,1-5H3,(H2,26,27,28). The van der Waals surface area contributed by atoms with E-state index in [-0.39, 0.29) is 5.41 Å². The smallest absolute Gasteiger partial charge is 0.191 e. The Bertz CT molecular complexity index is 881. The Morgan fingerprint density at radius 3 is 2.47 bits per heavy atom. The van der Waals surface area contributed by atoms with E-state index < -0.39 is 0 Å². The van der Waals surface area contributed by atoms with Crippen LogP contribution in [-0.2, 0) is 11.8 Å². The molecule has 32 heavy (non-hydrogen) atoms. The van der Waals surface area contributed by atoms with E-state index in [0.29, 0.717) is 0 Å². The minimum Gasteiger partial charge on any atom is -0.493 e. The number of hydrogen-bond acceptors (Lipinski definition) is 5. The van der Waals surface area contributed by atoms with E-state index in [1.807, 2.05) is 27.0 Å². The van der Waals surface area contributed by atoms with Crippen LogP contribution in [0.4, 0.5) is 0 Å². The van der Waals surface area contributed by atoms with Gasteiger partial charge in [-0.05, 0) is 57.2 Å². The van der Waals surface area contributed by atoms with E-state index >= 15 is 0 Å². The predicted molar refractivity (Wildman–Crippen MR) is 128 cm³/mol. The first-order valence-electron chi connectivity index (χ1n) is 11.6. The molecule has 0 spiro atoms. The number of rotatable bonds is 9. The van der Waals surface area contributed by atoms with Gasteiger partial charge in [0.25, 0.3) is 0 Å². The number of aliphatic imine (C=N–C) groups is 1. The van der Waals surface area contributed by atoms with Crippen molar-refractivity contribution < 1.29 is 14.0 Å². The molecule has 176 valence electrons. The Kier molecular flexibility index (Phi) is 8.42. The lowest BCUT2D eigenvalue weighted by atomic mass is 9.69. The second-order valence-electron chi connectivity index (χ2n) is 8.67. The molecule has 3 rings (SSSR count). The Hall–Kier alpha value is -2.70. The highest BCUT2D eigenvalue weighted by molar-refractivity contribution is 5.79. The first-order chi connectivity index (χ1) is 15.5. The van der Waals surface area contributed by atoms with Gasteiger partial charge in [-0.25, -0.2) is 0 Å². The van der Waals surface area contributed by atoms with Crippen LogP contribution in [0.3, 0.4) is 0 Å². The molecule has 0 saturated heterocycles. The highest BCUT2D eigenvalue weighted by Crippen LogP contribution is 2.42. The molecule has 1 aliphatic rings. The van der Waals surface area contributed by atoms with Gasteiger partial charge in [0.15, 0.2) is 17.5 Å². The normalized spacial score (nSPS) is 16.0. The number of ether oxygens (including phenoxy) is 2. The van der Waals surface area contributed by atoms with Crippen molar-refractivity contribution in [2.45, 2.75) is 64.2 Å². The van der Waals surface area contributed by atoms with Crippen molar-refractivity contribution in [2.24, 2.45) is 4.99 Å². The van der Waals surface area contributed by atoms with Crippen LogP contribution in [0, 0.1) is 13.8 Å². The molecule has 0 aliphatic heterocycles. The minimum atomic E-state index is 0.0616. The van der Waals surface area contributed by atoms with Crippen LogP contribution in [0.2, 0.25) is 0 Å². The summed E-state index contributed by atoms with van der Waals surface area (Å²) in [6.45, 7) is 5.65. The zero-order valence-corrected chi connectivity index (χ0v) is 20.2. The topological polar surface area (TPSA) is 80.9 Å². The fourth-order valence-corrected chi connectivity index (χ4v) is 4.77. The molecule has 0 bridgehead atoms. The van der Waals surface area contributed by atoms with Gasteiger partial charge in [-0.2, -0.15) is 0 Å². The SMILES string of the molecule is CN=C(NCCCc1c(C)noc1C)NCC1(c2ccc(OC)c(OC)c2)CCCCC1. The molecule has 1 heterocycles. The van der Waals surface area contributed by atoms with Gasteiger partial charge in [0.2, 0.25) is 0 Å². The maximum absolute atomic E-state index is 5.58. The van der Waals surface area contributed by atoms with Crippen LogP contribution >= 0.6 is 0 Å². The largest absolute Gasteiger partial charge is 0.493 e. The van der Waals surface area contributed by atoms with Crippen molar-refractivity contribution in [3.8, 4) is 11.5 Å². The lowest BCUT2D eigenvalue weighted by Crippen LogP contribution is -2.46. The zero-order valence-electron chi connectivity index (χ0n) is 20.2. The summed E-state index contributed by atoms with van der Waals surface area (Å²) in [5.41, 5.74) is 3.56. The lowest BCUT2D eigenvalue weighted by Gasteiger charge is -2.38. The second-order valence-corrected chi connectivity index (χ2v) is 8.67. The first kappa shape index (κ1) is 24.0. The highest BCUT2D eigenvalue weighted by Gasteiger charge is 2.34. The van der Waals surface area contributed by atoms with Gasteiger partial charge in [-0.15, -0.1) is 0 Å². The molecule has 1 saturated carbocycles. The van der Waals surface area contributed by atoms with Crippen LogP contribution < -0.4 is 20.1 Å². The van der Waals surface area contributed by atoms with E-state index in [2.05, 4.69) is 32.9 Å². The second kappa shape index (κ2) is 11.2. The van der Waals surface area contributed by atoms with Gasteiger partial charge >= 0.3 is 0 Å². The average Bonchev–Trinajstić information content (AvgIpc) is 3.15. The van der Waals surface area contributed by atoms with Crippen molar-refractivity contribution in [3.63, 3.8) is 0 Å². The van der Waals surface area contributed by atoms with E-state index in [1.165, 1.54) is 30.4 Å². The minimum absolute atomic E-state index is 0.0616. The summed E-state index contributed by atoms with van der Waals surface area (Å²) >= 11 is 0. The summed E-state index contributed by atoms with van der Waals surface area (Å²) in [7, 11) is 5.20. The van der Waals surface area contributed by atoms with Gasteiger partial charge < -0.3 is 24.6 Å². The van der Waals surface area contributed by atoms with E-state index in [0.717, 1.165) is 67.7 Å². The number of aryl methyl sites for hydroxylation is 2. The number of nitrogens with one attached hydrogen (secondary N) is 2. The van der Waals surface area contributed by atoms with Crippen molar-refractivity contribution >= 4 is 5.96 Å². The van der Waals surface area contributed by atoms with E-state index in [1.54, 1.807) is 14.2 Å². The maximum Gasteiger partial charge on any atom is 0.191 e. The molecule has 1 aromatic heterocycles. The van der Waals surface area contributed by atoms with Crippen molar-refractivity contribution in [1.82, 2.24) is 15.8 Å². The average molecular weight is 443 g/mol. The molecule has 2 aromatic rings. The van der Waals surface area contributed by atoms with Crippen molar-refractivity contribution in [3.05, 3.63) is 40.8 Å². The fraction of sp³-hybridized carbons (Fsp3) is 0.600. The predicted octanol–water partition coefficient (Wildman–Crippen LogP) is 4.31. The lowest BCUT2D eigenvalue weighted by molar-refractivity contribution is 0.288. The molecule has 1 aliphatic carbocycles. The quantitative estimate of drug-likeness (QED) is 0.342. The van der Waals surface area contributed by atoms with Crippen molar-refractivity contribution in [2.75, 3.05) is 34.4 Å². The van der Waals surface area contributed by atoms with Gasteiger partial charge in [0.1, 0.15) is 5.76 Å².